The standard InChI is InChI=1S/C16H30N4O6S2/c1-4-7(2)11(19-13(22)9(17)5-27)15(24)18-10(6-28)14(23)20-12(8(3)21)16(25)26/h7-12,21,27-28H,4-6,17H2,1-3H3,(H,18,24)(H,19,22)(H,20,23)(H,25,26). The lowest BCUT2D eigenvalue weighted by molar-refractivity contribution is -0.145. The number of hydrogen-bond acceptors (Lipinski definition) is 8. The first-order valence-corrected chi connectivity index (χ1v) is 10.1. The summed E-state index contributed by atoms with van der Waals surface area (Å²) in [6.45, 7) is 4.80. The molecule has 12 heteroatoms. The van der Waals surface area contributed by atoms with Crippen molar-refractivity contribution in [2.45, 2.75) is 57.5 Å². The molecule has 162 valence electrons. The maximum Gasteiger partial charge on any atom is 0.328 e. The van der Waals surface area contributed by atoms with Gasteiger partial charge >= 0.3 is 5.97 Å². The van der Waals surface area contributed by atoms with Crippen LogP contribution in [0.1, 0.15) is 27.2 Å². The molecule has 0 aliphatic carbocycles. The Morgan fingerprint density at radius 1 is 0.929 bits per heavy atom. The molecule has 10 nitrogen and oxygen atoms in total. The number of nitrogens with one attached hydrogen (secondary N) is 3. The van der Waals surface area contributed by atoms with Crippen LogP contribution >= 0.6 is 25.3 Å². The summed E-state index contributed by atoms with van der Waals surface area (Å²) in [5, 5.41) is 25.7. The van der Waals surface area contributed by atoms with E-state index in [0.717, 1.165) is 0 Å². The Bertz CT molecular complexity index is 563. The van der Waals surface area contributed by atoms with Gasteiger partial charge in [-0.3, -0.25) is 14.4 Å². The van der Waals surface area contributed by atoms with E-state index in [0.29, 0.717) is 6.42 Å². The van der Waals surface area contributed by atoms with Crippen LogP contribution in [0, 0.1) is 5.92 Å². The zero-order chi connectivity index (χ0) is 22.0. The lowest BCUT2D eigenvalue weighted by Crippen LogP contribution is -2.60. The second kappa shape index (κ2) is 12.9. The Kier molecular flexibility index (Phi) is 12.2. The zero-order valence-corrected chi connectivity index (χ0v) is 17.9. The Morgan fingerprint density at radius 2 is 1.46 bits per heavy atom. The van der Waals surface area contributed by atoms with E-state index < -0.39 is 54.0 Å². The van der Waals surface area contributed by atoms with Crippen molar-refractivity contribution in [3.8, 4) is 0 Å². The molecule has 28 heavy (non-hydrogen) atoms. The molecule has 0 aromatic rings. The van der Waals surface area contributed by atoms with Gasteiger partial charge in [-0.2, -0.15) is 25.3 Å². The minimum Gasteiger partial charge on any atom is -0.480 e. The number of aliphatic hydroxyl groups excluding tert-OH is 1. The predicted octanol–water partition coefficient (Wildman–Crippen LogP) is -1.86. The van der Waals surface area contributed by atoms with Crippen molar-refractivity contribution in [2.75, 3.05) is 11.5 Å². The number of aliphatic carboxylic acids is 1. The quantitative estimate of drug-likeness (QED) is 0.165. The number of carbonyl (C=O) groups excluding carboxylic acids is 3. The van der Waals surface area contributed by atoms with Crippen molar-refractivity contribution >= 4 is 48.9 Å². The first kappa shape index (κ1) is 26.5. The van der Waals surface area contributed by atoms with Crippen LogP contribution in [0.2, 0.25) is 0 Å². The van der Waals surface area contributed by atoms with E-state index in [1.807, 2.05) is 6.92 Å². The molecule has 0 heterocycles. The van der Waals surface area contributed by atoms with Crippen molar-refractivity contribution in [3.05, 3.63) is 0 Å². The van der Waals surface area contributed by atoms with E-state index in [-0.39, 0.29) is 17.4 Å². The molecule has 0 aromatic heterocycles. The smallest absolute Gasteiger partial charge is 0.328 e. The molecule has 3 amide bonds. The van der Waals surface area contributed by atoms with E-state index in [4.69, 9.17) is 10.8 Å². The molecule has 0 saturated heterocycles. The van der Waals surface area contributed by atoms with E-state index in [1.165, 1.54) is 6.92 Å². The highest BCUT2D eigenvalue weighted by Crippen LogP contribution is 2.09. The maximum absolute atomic E-state index is 12.7. The molecule has 0 fully saturated rings. The van der Waals surface area contributed by atoms with E-state index in [9.17, 15) is 24.3 Å². The SMILES string of the molecule is CCC(C)C(NC(=O)C(N)CS)C(=O)NC(CS)C(=O)NC(C(=O)O)C(C)O. The minimum atomic E-state index is -1.54. The lowest BCUT2D eigenvalue weighted by Gasteiger charge is -2.27. The second-order valence-electron chi connectivity index (χ2n) is 6.47. The summed E-state index contributed by atoms with van der Waals surface area (Å²) < 4.78 is 0. The summed E-state index contributed by atoms with van der Waals surface area (Å²) in [7, 11) is 0. The van der Waals surface area contributed by atoms with Gasteiger partial charge in [-0.15, -0.1) is 0 Å². The topological polar surface area (TPSA) is 171 Å². The van der Waals surface area contributed by atoms with Crippen molar-refractivity contribution < 1.29 is 29.4 Å². The number of thiol groups is 2. The van der Waals surface area contributed by atoms with Crippen molar-refractivity contribution in [2.24, 2.45) is 11.7 Å². The molecule has 0 saturated carbocycles. The summed E-state index contributed by atoms with van der Waals surface area (Å²) in [5.41, 5.74) is 5.62. The molecule has 0 aliphatic heterocycles. The second-order valence-corrected chi connectivity index (χ2v) is 7.20. The van der Waals surface area contributed by atoms with Crippen LogP contribution in [0.5, 0.6) is 0 Å². The summed E-state index contributed by atoms with van der Waals surface area (Å²) in [6.07, 6.45) is -0.775. The monoisotopic (exact) mass is 438 g/mol. The number of amides is 3. The van der Waals surface area contributed by atoms with Crippen LogP contribution < -0.4 is 21.7 Å². The fraction of sp³-hybridized carbons (Fsp3) is 0.750. The normalized spacial score (nSPS) is 17.4. The average molecular weight is 439 g/mol. The number of carboxylic acids is 1. The summed E-state index contributed by atoms with van der Waals surface area (Å²) in [6, 6.07) is -4.55. The highest BCUT2D eigenvalue weighted by atomic mass is 32.1. The van der Waals surface area contributed by atoms with Gasteiger partial charge in [0.25, 0.3) is 0 Å². The number of nitrogens with two attached hydrogens (primary N) is 1. The molecule has 0 aromatic carbocycles. The van der Waals surface area contributed by atoms with Crippen molar-refractivity contribution in [1.82, 2.24) is 16.0 Å². The number of rotatable bonds is 12. The molecule has 0 bridgehead atoms. The molecule has 0 rings (SSSR count). The molecule has 7 N–H and O–H groups in total. The fourth-order valence-corrected chi connectivity index (χ4v) is 2.57. The molecule has 0 radical (unpaired) electrons. The van der Waals surface area contributed by atoms with Gasteiger partial charge in [0.15, 0.2) is 6.04 Å². The average Bonchev–Trinajstić information content (AvgIpc) is 2.65. The number of aliphatic hydroxyl groups is 1. The highest BCUT2D eigenvalue weighted by Gasteiger charge is 2.32. The van der Waals surface area contributed by atoms with E-state index >= 15 is 0 Å². The van der Waals surface area contributed by atoms with Crippen molar-refractivity contribution in [3.63, 3.8) is 0 Å². The summed E-state index contributed by atoms with van der Waals surface area (Å²) in [5.74, 6) is -3.71. The van der Waals surface area contributed by atoms with Gasteiger partial charge in [0, 0.05) is 11.5 Å². The molecule has 0 spiro atoms. The van der Waals surface area contributed by atoms with Crippen LogP contribution in [-0.2, 0) is 19.2 Å². The Balaban J connectivity index is 5.25. The molecule has 0 aliphatic rings. The Labute approximate surface area is 175 Å². The third-order valence-corrected chi connectivity index (χ3v) is 4.95. The Hall–Kier alpha value is -1.50. The lowest BCUT2D eigenvalue weighted by atomic mass is 9.97. The number of carbonyl (C=O) groups is 4. The van der Waals surface area contributed by atoms with Gasteiger partial charge in [0.05, 0.1) is 12.1 Å². The van der Waals surface area contributed by atoms with Crippen LogP contribution in [0.4, 0.5) is 0 Å². The van der Waals surface area contributed by atoms with Crippen LogP contribution in [0.3, 0.4) is 0 Å². The van der Waals surface area contributed by atoms with Gasteiger partial charge in [-0.25, -0.2) is 4.79 Å². The number of hydrogen-bond donors (Lipinski definition) is 8. The van der Waals surface area contributed by atoms with Gasteiger partial charge in [-0.05, 0) is 12.8 Å². The third kappa shape index (κ3) is 8.25. The number of carboxylic acid groups (broad SMARTS) is 1. The van der Waals surface area contributed by atoms with Gasteiger partial charge < -0.3 is 31.9 Å². The van der Waals surface area contributed by atoms with Crippen molar-refractivity contribution in [1.29, 1.82) is 0 Å². The summed E-state index contributed by atoms with van der Waals surface area (Å²) in [4.78, 5) is 48.1. The molecular weight excluding hydrogens is 408 g/mol. The van der Waals surface area contributed by atoms with Gasteiger partial charge in [0.1, 0.15) is 12.1 Å². The van der Waals surface area contributed by atoms with Gasteiger partial charge in [0.2, 0.25) is 17.7 Å². The predicted molar refractivity (Wildman–Crippen MR) is 110 cm³/mol. The molecule has 6 unspecified atom stereocenters. The minimum absolute atomic E-state index is 0.0955. The van der Waals surface area contributed by atoms with Crippen LogP contribution in [0.25, 0.3) is 0 Å². The molecular formula is C16H30N4O6S2. The van der Waals surface area contributed by atoms with Crippen LogP contribution in [-0.4, -0.2) is 75.7 Å². The largest absolute Gasteiger partial charge is 0.480 e. The summed E-state index contributed by atoms with van der Waals surface area (Å²) >= 11 is 7.96. The Morgan fingerprint density at radius 3 is 1.86 bits per heavy atom. The van der Waals surface area contributed by atoms with Crippen LogP contribution in [0.15, 0.2) is 0 Å². The van der Waals surface area contributed by atoms with E-state index in [2.05, 4.69) is 41.2 Å². The zero-order valence-electron chi connectivity index (χ0n) is 16.1. The van der Waals surface area contributed by atoms with Gasteiger partial charge in [-0.1, -0.05) is 20.3 Å². The highest BCUT2D eigenvalue weighted by molar-refractivity contribution is 7.80. The maximum atomic E-state index is 12.7. The first-order chi connectivity index (χ1) is 13.0. The fourth-order valence-electron chi connectivity index (χ4n) is 2.14. The van der Waals surface area contributed by atoms with E-state index in [1.54, 1.807) is 6.92 Å². The first-order valence-electron chi connectivity index (χ1n) is 8.79. The molecule has 6 atom stereocenters. The third-order valence-electron chi connectivity index (χ3n) is 4.19.